The van der Waals surface area contributed by atoms with Crippen molar-refractivity contribution in [2.45, 2.75) is 39.8 Å². The van der Waals surface area contributed by atoms with Crippen LogP contribution in [0.2, 0.25) is 0 Å². The van der Waals surface area contributed by atoms with Crippen molar-refractivity contribution in [2.75, 3.05) is 10.6 Å². The molecule has 6 heteroatoms. The van der Waals surface area contributed by atoms with Gasteiger partial charge in [-0.3, -0.25) is 9.10 Å². The van der Waals surface area contributed by atoms with Crippen molar-refractivity contribution in [3.63, 3.8) is 0 Å². The summed E-state index contributed by atoms with van der Waals surface area (Å²) in [5.41, 5.74) is 3.56. The number of nitrogens with zero attached hydrogens (tertiary/aromatic N) is 1. The number of rotatable bonds is 7. The fourth-order valence-electron chi connectivity index (χ4n) is 2.84. The van der Waals surface area contributed by atoms with Crippen LogP contribution in [0.3, 0.4) is 0 Å². The molecule has 1 unspecified atom stereocenters. The zero-order chi connectivity index (χ0) is 19.3. The standard InChI is InChI=1S/C20H26N2O3S/c1-5-19(20(23)21-14-17-11-9-15(2)10-12-17)22(26(4,24)25)18-8-6-7-16(3)13-18/h6-13,19H,5,14H2,1-4H3,(H,21,23). The van der Waals surface area contributed by atoms with Crippen LogP contribution in [0.4, 0.5) is 5.69 Å². The number of hydrogen-bond acceptors (Lipinski definition) is 3. The van der Waals surface area contributed by atoms with E-state index in [2.05, 4.69) is 5.32 Å². The largest absolute Gasteiger partial charge is 0.350 e. The van der Waals surface area contributed by atoms with Crippen LogP contribution in [0.5, 0.6) is 0 Å². The summed E-state index contributed by atoms with van der Waals surface area (Å²) >= 11 is 0. The Bertz CT molecular complexity index is 861. The van der Waals surface area contributed by atoms with E-state index in [0.29, 0.717) is 18.7 Å². The molecule has 1 N–H and O–H groups in total. The minimum Gasteiger partial charge on any atom is -0.350 e. The van der Waals surface area contributed by atoms with E-state index in [-0.39, 0.29) is 5.91 Å². The second-order valence-corrected chi connectivity index (χ2v) is 8.38. The van der Waals surface area contributed by atoms with Crippen LogP contribution in [0, 0.1) is 13.8 Å². The molecule has 0 saturated heterocycles. The molecule has 140 valence electrons. The molecule has 0 radical (unpaired) electrons. The van der Waals surface area contributed by atoms with Crippen LogP contribution in [0.15, 0.2) is 48.5 Å². The molecule has 0 fully saturated rings. The van der Waals surface area contributed by atoms with E-state index in [9.17, 15) is 13.2 Å². The smallest absolute Gasteiger partial charge is 0.244 e. The second-order valence-electron chi connectivity index (χ2n) is 6.53. The predicted octanol–water partition coefficient (Wildman–Crippen LogP) is 3.16. The van der Waals surface area contributed by atoms with Gasteiger partial charge in [0.1, 0.15) is 6.04 Å². The number of carbonyl (C=O) groups excluding carboxylic acids is 1. The lowest BCUT2D eigenvalue weighted by Crippen LogP contribution is -2.49. The third kappa shape index (κ3) is 5.08. The van der Waals surface area contributed by atoms with Gasteiger partial charge in [0, 0.05) is 6.54 Å². The van der Waals surface area contributed by atoms with Crippen LogP contribution < -0.4 is 9.62 Å². The highest BCUT2D eigenvalue weighted by molar-refractivity contribution is 7.92. The summed E-state index contributed by atoms with van der Waals surface area (Å²) in [5.74, 6) is -0.306. The van der Waals surface area contributed by atoms with Crippen molar-refractivity contribution >= 4 is 21.6 Å². The summed E-state index contributed by atoms with van der Waals surface area (Å²) in [7, 11) is -3.61. The average molecular weight is 375 g/mol. The minimum absolute atomic E-state index is 0.306. The van der Waals surface area contributed by atoms with Crippen molar-refractivity contribution in [3.05, 3.63) is 65.2 Å². The van der Waals surface area contributed by atoms with Crippen LogP contribution in [-0.4, -0.2) is 26.6 Å². The first-order chi connectivity index (χ1) is 12.2. The number of nitrogens with one attached hydrogen (secondary N) is 1. The number of sulfonamides is 1. The van der Waals surface area contributed by atoms with Crippen molar-refractivity contribution < 1.29 is 13.2 Å². The van der Waals surface area contributed by atoms with E-state index in [0.717, 1.165) is 22.9 Å². The van der Waals surface area contributed by atoms with E-state index in [1.165, 1.54) is 4.31 Å². The molecule has 1 amide bonds. The molecule has 5 nitrogen and oxygen atoms in total. The maximum Gasteiger partial charge on any atom is 0.244 e. The lowest BCUT2D eigenvalue weighted by atomic mass is 10.1. The van der Waals surface area contributed by atoms with Crippen molar-refractivity contribution in [1.29, 1.82) is 0 Å². The molecule has 0 bridgehead atoms. The fraction of sp³-hybridized carbons (Fsp3) is 0.350. The third-order valence-corrected chi connectivity index (χ3v) is 5.35. The summed E-state index contributed by atoms with van der Waals surface area (Å²) in [4.78, 5) is 12.7. The number of amides is 1. The van der Waals surface area contributed by atoms with Gasteiger partial charge in [-0.15, -0.1) is 0 Å². The minimum atomic E-state index is -3.61. The first kappa shape index (κ1) is 20.0. The first-order valence-electron chi connectivity index (χ1n) is 8.61. The summed E-state index contributed by atoms with van der Waals surface area (Å²) in [6, 6.07) is 14.2. The van der Waals surface area contributed by atoms with Gasteiger partial charge in [-0.1, -0.05) is 48.9 Å². The molecule has 0 saturated carbocycles. The molecular formula is C20H26N2O3S. The highest BCUT2D eigenvalue weighted by Crippen LogP contribution is 2.23. The Labute approximate surface area is 156 Å². The average Bonchev–Trinajstić information content (AvgIpc) is 2.57. The molecule has 2 aromatic rings. The molecule has 0 aliphatic carbocycles. The van der Waals surface area contributed by atoms with Crippen LogP contribution >= 0.6 is 0 Å². The molecule has 26 heavy (non-hydrogen) atoms. The Morgan fingerprint density at radius 3 is 2.27 bits per heavy atom. The molecule has 1 atom stereocenters. The summed E-state index contributed by atoms with van der Waals surface area (Å²) in [6.45, 7) is 6.06. The maximum atomic E-state index is 12.7. The monoisotopic (exact) mass is 374 g/mol. The lowest BCUT2D eigenvalue weighted by molar-refractivity contribution is -0.122. The number of hydrogen-bond donors (Lipinski definition) is 1. The summed E-state index contributed by atoms with van der Waals surface area (Å²) in [5, 5.41) is 2.86. The molecule has 0 aliphatic heterocycles. The number of benzene rings is 2. The molecule has 0 aromatic heterocycles. The highest BCUT2D eigenvalue weighted by Gasteiger charge is 2.31. The summed E-state index contributed by atoms with van der Waals surface area (Å²) < 4.78 is 26.0. The van der Waals surface area contributed by atoms with Crippen molar-refractivity contribution in [2.24, 2.45) is 0 Å². The van der Waals surface area contributed by atoms with Gasteiger partial charge in [-0.25, -0.2) is 8.42 Å². The lowest BCUT2D eigenvalue weighted by Gasteiger charge is -2.30. The van der Waals surface area contributed by atoms with Gasteiger partial charge in [0.25, 0.3) is 0 Å². The zero-order valence-electron chi connectivity index (χ0n) is 15.7. The zero-order valence-corrected chi connectivity index (χ0v) is 16.5. The van der Waals surface area contributed by atoms with Gasteiger partial charge in [0.2, 0.25) is 15.9 Å². The fourth-order valence-corrected chi connectivity index (χ4v) is 4.04. The Morgan fingerprint density at radius 2 is 1.73 bits per heavy atom. The first-order valence-corrected chi connectivity index (χ1v) is 10.5. The quantitative estimate of drug-likeness (QED) is 0.809. The van der Waals surface area contributed by atoms with Gasteiger partial charge in [-0.05, 0) is 43.5 Å². The highest BCUT2D eigenvalue weighted by atomic mass is 32.2. The molecule has 0 aliphatic rings. The van der Waals surface area contributed by atoms with Crippen molar-refractivity contribution in [1.82, 2.24) is 5.32 Å². The Balaban J connectivity index is 2.23. The van der Waals surface area contributed by atoms with Gasteiger partial charge in [0.15, 0.2) is 0 Å². The number of anilines is 1. The Kier molecular flexibility index (Phi) is 6.42. The van der Waals surface area contributed by atoms with E-state index in [1.54, 1.807) is 18.2 Å². The molecule has 0 spiro atoms. The third-order valence-electron chi connectivity index (χ3n) is 4.17. The van der Waals surface area contributed by atoms with Gasteiger partial charge < -0.3 is 5.32 Å². The molecule has 2 rings (SSSR count). The van der Waals surface area contributed by atoms with Gasteiger partial charge in [0.05, 0.1) is 11.9 Å². The normalized spacial score (nSPS) is 12.5. The predicted molar refractivity (Wildman–Crippen MR) is 106 cm³/mol. The van der Waals surface area contributed by atoms with E-state index in [1.807, 2.05) is 51.1 Å². The number of aryl methyl sites for hydroxylation is 2. The Hall–Kier alpha value is -2.34. The van der Waals surface area contributed by atoms with E-state index < -0.39 is 16.1 Å². The van der Waals surface area contributed by atoms with Crippen molar-refractivity contribution in [3.8, 4) is 0 Å². The van der Waals surface area contributed by atoms with Crippen LogP contribution in [0.25, 0.3) is 0 Å². The van der Waals surface area contributed by atoms with Crippen LogP contribution in [0.1, 0.15) is 30.0 Å². The van der Waals surface area contributed by atoms with Gasteiger partial charge >= 0.3 is 0 Å². The molecular weight excluding hydrogens is 348 g/mol. The molecule has 0 heterocycles. The maximum absolute atomic E-state index is 12.7. The van der Waals surface area contributed by atoms with E-state index >= 15 is 0 Å². The molecule has 2 aromatic carbocycles. The topological polar surface area (TPSA) is 66.5 Å². The van der Waals surface area contributed by atoms with E-state index in [4.69, 9.17) is 0 Å². The SMILES string of the molecule is CCC(C(=O)NCc1ccc(C)cc1)N(c1cccc(C)c1)S(C)(=O)=O. The Morgan fingerprint density at radius 1 is 1.08 bits per heavy atom. The van der Waals surface area contributed by atoms with Gasteiger partial charge in [-0.2, -0.15) is 0 Å². The van der Waals surface area contributed by atoms with Crippen LogP contribution in [-0.2, 0) is 21.4 Å². The second kappa shape index (κ2) is 8.36. The summed E-state index contributed by atoms with van der Waals surface area (Å²) in [6.07, 6.45) is 1.51. The number of carbonyl (C=O) groups is 1.